The lowest BCUT2D eigenvalue weighted by Crippen LogP contribution is -2.04. The highest BCUT2D eigenvalue weighted by Gasteiger charge is 2.20. The van der Waals surface area contributed by atoms with Gasteiger partial charge in [-0.2, -0.15) is 10.4 Å². The fourth-order valence-electron chi connectivity index (χ4n) is 1.63. The minimum atomic E-state index is -0.217. The molecule has 0 radical (unpaired) electrons. The average molecular weight is 225 g/mol. The number of carbonyl (C=O) groups excluding carboxylic acids is 1. The van der Waals surface area contributed by atoms with Crippen LogP contribution in [-0.4, -0.2) is 15.6 Å². The maximum Gasteiger partial charge on any atom is 0.214 e. The van der Waals surface area contributed by atoms with Crippen molar-refractivity contribution in [2.45, 2.75) is 6.92 Å². The van der Waals surface area contributed by atoms with E-state index in [9.17, 15) is 4.79 Å². The fourth-order valence-corrected chi connectivity index (χ4v) is 1.63. The van der Waals surface area contributed by atoms with E-state index in [1.54, 1.807) is 42.9 Å². The van der Waals surface area contributed by atoms with Crippen LogP contribution in [0.2, 0.25) is 0 Å². The van der Waals surface area contributed by atoms with E-state index in [-0.39, 0.29) is 11.5 Å². The zero-order chi connectivity index (χ0) is 12.4. The minimum absolute atomic E-state index is 0.217. The third kappa shape index (κ3) is 1.83. The third-order valence-corrected chi connectivity index (χ3v) is 2.70. The number of aryl methyl sites for hydroxylation is 1. The van der Waals surface area contributed by atoms with Crippen molar-refractivity contribution in [1.82, 2.24) is 9.78 Å². The first kappa shape index (κ1) is 11.1. The third-order valence-electron chi connectivity index (χ3n) is 2.70. The summed E-state index contributed by atoms with van der Waals surface area (Å²) in [5, 5.41) is 13.2. The molecule has 0 aliphatic carbocycles. The van der Waals surface area contributed by atoms with Crippen LogP contribution in [-0.2, 0) is 7.05 Å². The van der Waals surface area contributed by atoms with Gasteiger partial charge in [-0.25, -0.2) is 0 Å². The van der Waals surface area contributed by atoms with Crippen LogP contribution in [0.25, 0.3) is 0 Å². The number of nitrogens with zero attached hydrogens (tertiary/aromatic N) is 3. The molecule has 1 aromatic carbocycles. The minimum Gasteiger partial charge on any atom is -0.287 e. The van der Waals surface area contributed by atoms with Gasteiger partial charge in [0.05, 0.1) is 5.69 Å². The molecular formula is C13H11N3O. The molecule has 0 bridgehead atoms. The predicted molar refractivity (Wildman–Crippen MR) is 62.5 cm³/mol. The Hall–Kier alpha value is -2.41. The summed E-state index contributed by atoms with van der Waals surface area (Å²) in [5.41, 5.74) is 1.81. The normalized spacial score (nSPS) is 9.94. The van der Waals surface area contributed by atoms with Crippen LogP contribution in [0.4, 0.5) is 0 Å². The van der Waals surface area contributed by atoms with Crippen LogP contribution < -0.4 is 0 Å². The van der Waals surface area contributed by atoms with Crippen LogP contribution in [0.3, 0.4) is 0 Å². The zero-order valence-corrected chi connectivity index (χ0v) is 9.64. The van der Waals surface area contributed by atoms with Crippen molar-refractivity contribution >= 4 is 5.78 Å². The molecular weight excluding hydrogens is 214 g/mol. The van der Waals surface area contributed by atoms with E-state index < -0.39 is 0 Å². The van der Waals surface area contributed by atoms with Crippen LogP contribution >= 0.6 is 0 Å². The van der Waals surface area contributed by atoms with Gasteiger partial charge in [-0.1, -0.05) is 30.3 Å². The smallest absolute Gasteiger partial charge is 0.214 e. The molecule has 2 rings (SSSR count). The molecule has 0 saturated heterocycles. The first-order valence-electron chi connectivity index (χ1n) is 5.18. The fraction of sp³-hybridized carbons (Fsp3) is 0.154. The van der Waals surface area contributed by atoms with Crippen LogP contribution in [0, 0.1) is 18.3 Å². The highest BCUT2D eigenvalue weighted by atomic mass is 16.1. The highest BCUT2D eigenvalue weighted by molar-refractivity contribution is 6.09. The quantitative estimate of drug-likeness (QED) is 0.732. The molecule has 17 heavy (non-hydrogen) atoms. The molecule has 0 aliphatic heterocycles. The summed E-state index contributed by atoms with van der Waals surface area (Å²) in [4.78, 5) is 12.2. The summed E-state index contributed by atoms with van der Waals surface area (Å²) in [7, 11) is 1.72. The number of nitriles is 1. The van der Waals surface area contributed by atoms with Crippen LogP contribution in [0.1, 0.15) is 27.3 Å². The van der Waals surface area contributed by atoms with E-state index in [0.29, 0.717) is 16.8 Å². The Balaban J connectivity index is 2.53. The Morgan fingerprint density at radius 2 is 2.00 bits per heavy atom. The van der Waals surface area contributed by atoms with Crippen LogP contribution in [0.15, 0.2) is 30.3 Å². The second-order valence-corrected chi connectivity index (χ2v) is 3.74. The average Bonchev–Trinajstić information content (AvgIpc) is 2.65. The maximum atomic E-state index is 12.2. The zero-order valence-electron chi connectivity index (χ0n) is 9.64. The second kappa shape index (κ2) is 4.22. The number of hydrogen-bond donors (Lipinski definition) is 0. The monoisotopic (exact) mass is 225 g/mol. The number of benzene rings is 1. The van der Waals surface area contributed by atoms with Crippen molar-refractivity contribution in [1.29, 1.82) is 5.26 Å². The Bertz CT molecular complexity index is 606. The largest absolute Gasteiger partial charge is 0.287 e. The molecule has 1 aromatic heterocycles. The lowest BCUT2D eigenvalue weighted by molar-refractivity contribution is 0.103. The topological polar surface area (TPSA) is 58.7 Å². The first-order valence-corrected chi connectivity index (χ1v) is 5.18. The van der Waals surface area contributed by atoms with Crippen molar-refractivity contribution in [3.63, 3.8) is 0 Å². The molecule has 4 heteroatoms. The van der Waals surface area contributed by atoms with Gasteiger partial charge in [0.15, 0.2) is 5.69 Å². The summed E-state index contributed by atoms with van der Waals surface area (Å²) in [5.74, 6) is -0.217. The van der Waals surface area contributed by atoms with Gasteiger partial charge in [-0.15, -0.1) is 0 Å². The van der Waals surface area contributed by atoms with Gasteiger partial charge in [0.25, 0.3) is 0 Å². The van der Waals surface area contributed by atoms with E-state index in [0.717, 1.165) is 0 Å². The first-order chi connectivity index (χ1) is 8.15. The molecule has 2 aromatic rings. The van der Waals surface area contributed by atoms with Gasteiger partial charge in [-0.3, -0.25) is 9.48 Å². The van der Waals surface area contributed by atoms with Gasteiger partial charge >= 0.3 is 0 Å². The van der Waals surface area contributed by atoms with E-state index in [4.69, 9.17) is 5.26 Å². The van der Waals surface area contributed by atoms with E-state index in [1.165, 1.54) is 0 Å². The highest BCUT2D eigenvalue weighted by Crippen LogP contribution is 2.15. The number of rotatable bonds is 2. The standard InChI is InChI=1S/C13H11N3O/c1-9-11(8-14)12(15-16(9)2)13(17)10-6-4-3-5-7-10/h3-7H,1-2H3. The number of aromatic nitrogens is 2. The lowest BCUT2D eigenvalue weighted by Gasteiger charge is -1.96. The van der Waals surface area contributed by atoms with Crippen LogP contribution in [0.5, 0.6) is 0 Å². The Morgan fingerprint density at radius 3 is 2.59 bits per heavy atom. The number of ketones is 1. The number of hydrogen-bond acceptors (Lipinski definition) is 3. The summed E-state index contributed by atoms with van der Waals surface area (Å²) >= 11 is 0. The predicted octanol–water partition coefficient (Wildman–Crippen LogP) is 1.83. The van der Waals surface area contributed by atoms with E-state index in [2.05, 4.69) is 5.10 Å². The van der Waals surface area contributed by atoms with Gasteiger partial charge in [-0.05, 0) is 6.92 Å². The molecule has 84 valence electrons. The van der Waals surface area contributed by atoms with Crippen molar-refractivity contribution in [3.05, 3.63) is 52.8 Å². The van der Waals surface area contributed by atoms with Crippen molar-refractivity contribution in [3.8, 4) is 6.07 Å². The van der Waals surface area contributed by atoms with Gasteiger partial charge in [0.2, 0.25) is 5.78 Å². The molecule has 0 N–H and O–H groups in total. The Kier molecular flexibility index (Phi) is 2.75. The molecule has 0 saturated carbocycles. The SMILES string of the molecule is Cc1c(C#N)c(C(=O)c2ccccc2)nn1C. The molecule has 0 atom stereocenters. The summed E-state index contributed by atoms with van der Waals surface area (Å²) in [6, 6.07) is 10.9. The van der Waals surface area contributed by atoms with E-state index >= 15 is 0 Å². The molecule has 0 aliphatic rings. The second-order valence-electron chi connectivity index (χ2n) is 3.74. The van der Waals surface area contributed by atoms with Crippen molar-refractivity contribution in [2.75, 3.05) is 0 Å². The molecule has 4 nitrogen and oxygen atoms in total. The molecule has 0 spiro atoms. The van der Waals surface area contributed by atoms with Gasteiger partial charge in [0, 0.05) is 12.6 Å². The Morgan fingerprint density at radius 1 is 1.35 bits per heavy atom. The summed E-state index contributed by atoms with van der Waals surface area (Å²) in [6.45, 7) is 1.77. The molecule has 1 heterocycles. The molecule has 0 unspecified atom stereocenters. The van der Waals surface area contributed by atoms with Gasteiger partial charge < -0.3 is 0 Å². The van der Waals surface area contributed by atoms with Crippen molar-refractivity contribution < 1.29 is 4.79 Å². The number of carbonyl (C=O) groups is 1. The Labute approximate surface area is 99.1 Å². The molecule has 0 fully saturated rings. The van der Waals surface area contributed by atoms with E-state index in [1.807, 2.05) is 12.1 Å². The lowest BCUT2D eigenvalue weighted by atomic mass is 10.0. The van der Waals surface area contributed by atoms with Gasteiger partial charge in [0.1, 0.15) is 11.6 Å². The molecule has 0 amide bonds. The summed E-state index contributed by atoms with van der Waals surface area (Å²) in [6.07, 6.45) is 0. The summed E-state index contributed by atoms with van der Waals surface area (Å²) < 4.78 is 1.55. The van der Waals surface area contributed by atoms with Crippen molar-refractivity contribution in [2.24, 2.45) is 7.05 Å². The maximum absolute atomic E-state index is 12.2.